The van der Waals surface area contributed by atoms with Gasteiger partial charge in [0.15, 0.2) is 0 Å². The average Bonchev–Trinajstić information content (AvgIpc) is 3.40. The molecule has 2 aliphatic rings. The van der Waals surface area contributed by atoms with Crippen LogP contribution in [0.3, 0.4) is 0 Å². The number of nitrogens with one attached hydrogen (secondary N) is 1. The minimum atomic E-state index is -0.120. The second-order valence-corrected chi connectivity index (χ2v) is 8.40. The Bertz CT molecular complexity index is 1200. The number of amides is 1. The Labute approximate surface area is 186 Å². The van der Waals surface area contributed by atoms with Crippen LogP contribution in [0.2, 0.25) is 0 Å². The first kappa shape index (κ1) is 20.2. The van der Waals surface area contributed by atoms with Gasteiger partial charge in [-0.15, -0.1) is 0 Å². The fraction of sp³-hybridized carbons (Fsp3) is 0.333. The SMILES string of the molecule is C[C@@H](Oc1cc(C(C=Nc2ccncc2)=CN)cc2ncn(C3CC3)c12)[C@H]1CNC(=O)C1. The van der Waals surface area contributed by atoms with Gasteiger partial charge in [-0.1, -0.05) is 0 Å². The van der Waals surface area contributed by atoms with E-state index in [2.05, 4.69) is 24.8 Å². The first-order valence-corrected chi connectivity index (χ1v) is 10.9. The normalized spacial score (nSPS) is 20.1. The molecule has 0 spiro atoms. The smallest absolute Gasteiger partial charge is 0.220 e. The van der Waals surface area contributed by atoms with E-state index in [1.807, 2.05) is 37.5 Å². The van der Waals surface area contributed by atoms with Crippen molar-refractivity contribution in [1.82, 2.24) is 19.9 Å². The lowest BCUT2D eigenvalue weighted by Gasteiger charge is -2.21. The molecule has 3 aromatic rings. The van der Waals surface area contributed by atoms with E-state index in [1.54, 1.807) is 18.6 Å². The lowest BCUT2D eigenvalue weighted by Crippen LogP contribution is -2.26. The number of allylic oxidation sites excluding steroid dienone is 1. The Hall–Kier alpha value is -3.68. The fourth-order valence-electron chi connectivity index (χ4n) is 4.06. The number of carbonyl (C=O) groups excluding carboxylic acids is 1. The maximum absolute atomic E-state index is 11.7. The van der Waals surface area contributed by atoms with Crippen LogP contribution in [-0.4, -0.2) is 39.3 Å². The summed E-state index contributed by atoms with van der Waals surface area (Å²) >= 11 is 0. The predicted molar refractivity (Wildman–Crippen MR) is 124 cm³/mol. The van der Waals surface area contributed by atoms with Crippen LogP contribution in [0.5, 0.6) is 5.75 Å². The molecule has 1 saturated heterocycles. The van der Waals surface area contributed by atoms with Gasteiger partial charge in [0.25, 0.3) is 0 Å². The summed E-state index contributed by atoms with van der Waals surface area (Å²) in [5.74, 6) is 0.967. The van der Waals surface area contributed by atoms with Crippen molar-refractivity contribution in [3.63, 3.8) is 0 Å². The van der Waals surface area contributed by atoms with Gasteiger partial charge in [-0.05, 0) is 49.6 Å². The van der Waals surface area contributed by atoms with Gasteiger partial charge in [0, 0.05) is 55.3 Å². The Kier molecular flexibility index (Phi) is 5.34. The van der Waals surface area contributed by atoms with Crippen molar-refractivity contribution in [3.05, 3.63) is 54.7 Å². The number of ether oxygens (including phenoxy) is 1. The molecule has 5 rings (SSSR count). The van der Waals surface area contributed by atoms with Crippen molar-refractivity contribution in [3.8, 4) is 5.75 Å². The number of benzene rings is 1. The Morgan fingerprint density at radius 3 is 2.84 bits per heavy atom. The zero-order valence-corrected chi connectivity index (χ0v) is 17.9. The van der Waals surface area contributed by atoms with Crippen LogP contribution in [-0.2, 0) is 4.79 Å². The van der Waals surface area contributed by atoms with Gasteiger partial charge in [0.05, 0.1) is 17.5 Å². The van der Waals surface area contributed by atoms with Crippen LogP contribution in [0.25, 0.3) is 16.6 Å². The molecule has 2 atom stereocenters. The summed E-state index contributed by atoms with van der Waals surface area (Å²) < 4.78 is 8.67. The Morgan fingerprint density at radius 2 is 2.16 bits per heavy atom. The van der Waals surface area contributed by atoms with E-state index in [0.717, 1.165) is 46.4 Å². The summed E-state index contributed by atoms with van der Waals surface area (Å²) in [5.41, 5.74) is 10.2. The number of hydrogen-bond acceptors (Lipinski definition) is 6. The molecule has 1 aliphatic carbocycles. The zero-order valence-electron chi connectivity index (χ0n) is 17.9. The highest BCUT2D eigenvalue weighted by atomic mass is 16.5. The van der Waals surface area contributed by atoms with Crippen LogP contribution in [0.4, 0.5) is 5.69 Å². The minimum Gasteiger partial charge on any atom is -0.488 e. The number of imidazole rings is 1. The third-order valence-electron chi connectivity index (χ3n) is 6.09. The summed E-state index contributed by atoms with van der Waals surface area (Å²) in [5, 5.41) is 2.90. The largest absolute Gasteiger partial charge is 0.488 e. The lowest BCUT2D eigenvalue weighted by atomic mass is 10.0. The third-order valence-corrected chi connectivity index (χ3v) is 6.09. The molecule has 1 aromatic carbocycles. The van der Waals surface area contributed by atoms with E-state index in [9.17, 15) is 4.79 Å². The molecule has 3 N–H and O–H groups in total. The number of fused-ring (bicyclic) bond motifs is 1. The summed E-state index contributed by atoms with van der Waals surface area (Å²) in [4.78, 5) is 24.9. The lowest BCUT2D eigenvalue weighted by molar-refractivity contribution is -0.119. The number of nitrogens with two attached hydrogens (primary N) is 1. The van der Waals surface area contributed by atoms with Crippen molar-refractivity contribution in [2.45, 2.75) is 38.3 Å². The predicted octanol–water partition coefficient (Wildman–Crippen LogP) is 3.37. The van der Waals surface area contributed by atoms with Gasteiger partial charge in [-0.2, -0.15) is 0 Å². The highest BCUT2D eigenvalue weighted by Gasteiger charge is 2.30. The molecule has 8 nitrogen and oxygen atoms in total. The summed E-state index contributed by atoms with van der Waals surface area (Å²) in [6.07, 6.45) is 11.2. The van der Waals surface area contributed by atoms with Crippen LogP contribution in [0.1, 0.15) is 37.8 Å². The second-order valence-electron chi connectivity index (χ2n) is 8.40. The standard InChI is InChI=1S/C24H26N6O2/c1-15(17-10-23(31)28-12-17)32-22-9-16(8-21-24(22)30(14-29-21)20-2-3-20)18(11-25)13-27-19-4-6-26-7-5-19/h4-9,11,13-15,17,20H,2-3,10,12,25H2,1H3,(H,28,31)/t15-,17-/m1/s1. The molecule has 8 heteroatoms. The zero-order chi connectivity index (χ0) is 22.1. The first-order valence-electron chi connectivity index (χ1n) is 10.9. The molecule has 3 heterocycles. The van der Waals surface area contributed by atoms with Crippen molar-refractivity contribution in [2.75, 3.05) is 6.54 Å². The molecule has 2 fully saturated rings. The van der Waals surface area contributed by atoms with Crippen molar-refractivity contribution < 1.29 is 9.53 Å². The van der Waals surface area contributed by atoms with Crippen molar-refractivity contribution in [1.29, 1.82) is 0 Å². The number of rotatable bonds is 7. The Morgan fingerprint density at radius 1 is 1.34 bits per heavy atom. The number of carbonyl (C=O) groups is 1. The van der Waals surface area contributed by atoms with E-state index in [1.165, 1.54) is 6.20 Å². The van der Waals surface area contributed by atoms with Crippen molar-refractivity contribution >= 4 is 34.4 Å². The van der Waals surface area contributed by atoms with Gasteiger partial charge in [0.1, 0.15) is 17.4 Å². The van der Waals surface area contributed by atoms with Crippen LogP contribution >= 0.6 is 0 Å². The minimum absolute atomic E-state index is 0.0769. The number of nitrogens with zero attached hydrogens (tertiary/aromatic N) is 4. The third kappa shape index (κ3) is 4.08. The van der Waals surface area contributed by atoms with Crippen molar-refractivity contribution in [2.24, 2.45) is 16.6 Å². The summed E-state index contributed by atoms with van der Waals surface area (Å²) in [6, 6.07) is 8.15. The highest BCUT2D eigenvalue weighted by molar-refractivity contribution is 6.11. The molecule has 1 saturated carbocycles. The molecule has 0 radical (unpaired) electrons. The average molecular weight is 431 g/mol. The molecule has 1 aliphatic heterocycles. The van der Waals surface area contributed by atoms with Crippen LogP contribution < -0.4 is 15.8 Å². The number of hydrogen-bond donors (Lipinski definition) is 2. The summed E-state index contributed by atoms with van der Waals surface area (Å²) in [7, 11) is 0. The molecule has 2 aromatic heterocycles. The quantitative estimate of drug-likeness (QED) is 0.559. The molecule has 1 amide bonds. The second kappa shape index (κ2) is 8.45. The van der Waals surface area contributed by atoms with E-state index in [0.29, 0.717) is 19.0 Å². The number of aromatic nitrogens is 3. The van der Waals surface area contributed by atoms with Gasteiger partial charge >= 0.3 is 0 Å². The maximum atomic E-state index is 11.7. The number of aliphatic imine (C=N–C) groups is 1. The van der Waals surface area contributed by atoms with E-state index in [4.69, 9.17) is 10.5 Å². The van der Waals surface area contributed by atoms with Crippen LogP contribution in [0.15, 0.2) is 54.2 Å². The first-order chi connectivity index (χ1) is 15.6. The number of pyridine rings is 1. The molecule has 0 unspecified atom stereocenters. The topological polar surface area (TPSA) is 107 Å². The van der Waals surface area contributed by atoms with E-state index < -0.39 is 0 Å². The highest BCUT2D eigenvalue weighted by Crippen LogP contribution is 2.41. The summed E-state index contributed by atoms with van der Waals surface area (Å²) in [6.45, 7) is 2.66. The molecular formula is C24H26N6O2. The Balaban J connectivity index is 1.51. The van der Waals surface area contributed by atoms with Gasteiger partial charge in [-0.25, -0.2) is 4.98 Å². The molecule has 0 bridgehead atoms. The molecule has 32 heavy (non-hydrogen) atoms. The van der Waals surface area contributed by atoms with Gasteiger partial charge in [0.2, 0.25) is 5.91 Å². The molecular weight excluding hydrogens is 404 g/mol. The van der Waals surface area contributed by atoms with E-state index >= 15 is 0 Å². The fourth-order valence-corrected chi connectivity index (χ4v) is 4.06. The van der Waals surface area contributed by atoms with Gasteiger partial charge in [-0.3, -0.25) is 14.8 Å². The van der Waals surface area contributed by atoms with Gasteiger partial charge < -0.3 is 20.4 Å². The van der Waals surface area contributed by atoms with E-state index in [-0.39, 0.29) is 17.9 Å². The van der Waals surface area contributed by atoms with Crippen LogP contribution in [0, 0.1) is 5.92 Å². The molecule has 164 valence electrons. The monoisotopic (exact) mass is 430 g/mol. The maximum Gasteiger partial charge on any atom is 0.220 e.